The van der Waals surface area contributed by atoms with Gasteiger partial charge >= 0.3 is 0 Å². The van der Waals surface area contributed by atoms with Crippen molar-refractivity contribution >= 4 is 32.5 Å². The first-order valence-corrected chi connectivity index (χ1v) is 12.0. The van der Waals surface area contributed by atoms with Gasteiger partial charge in [0.1, 0.15) is 23.0 Å². The fraction of sp³-hybridized carbons (Fsp3) is 0.227. The highest BCUT2D eigenvalue weighted by atomic mass is 32.2. The minimum absolute atomic E-state index is 0.0334. The molecule has 10 heteroatoms. The fourth-order valence-electron chi connectivity index (χ4n) is 3.99. The Morgan fingerprint density at radius 3 is 2.53 bits per heavy atom. The lowest BCUT2D eigenvalue weighted by atomic mass is 10.1. The van der Waals surface area contributed by atoms with Crippen LogP contribution in [0.1, 0.15) is 5.82 Å². The second kappa shape index (κ2) is 7.56. The van der Waals surface area contributed by atoms with Gasteiger partial charge in [-0.3, -0.25) is 4.57 Å². The van der Waals surface area contributed by atoms with Gasteiger partial charge in [-0.05, 0) is 43.3 Å². The molecule has 0 aliphatic carbocycles. The largest absolute Gasteiger partial charge is 0.384 e. The van der Waals surface area contributed by atoms with Crippen molar-refractivity contribution in [2.24, 2.45) is 0 Å². The first-order valence-electron chi connectivity index (χ1n) is 10.1. The molecule has 1 saturated heterocycles. The fourth-order valence-corrected chi connectivity index (χ4v) is 5.19. The molecule has 8 nitrogen and oxygen atoms in total. The molecular formula is C22H21FN6O2S. The number of sulfone groups is 1. The monoisotopic (exact) mass is 452 g/mol. The van der Waals surface area contributed by atoms with Crippen LogP contribution in [0.3, 0.4) is 0 Å². The van der Waals surface area contributed by atoms with E-state index in [0.29, 0.717) is 39.9 Å². The quantitative estimate of drug-likeness (QED) is 0.509. The van der Waals surface area contributed by atoms with Crippen molar-refractivity contribution in [2.75, 3.05) is 35.2 Å². The molecule has 1 fully saturated rings. The number of aromatic nitrogens is 4. The molecule has 0 bridgehead atoms. The van der Waals surface area contributed by atoms with Gasteiger partial charge in [0.15, 0.2) is 15.5 Å². The molecule has 32 heavy (non-hydrogen) atoms. The Kier molecular flexibility index (Phi) is 4.81. The average molecular weight is 453 g/mol. The van der Waals surface area contributed by atoms with Crippen LogP contribution in [0.5, 0.6) is 0 Å². The lowest BCUT2D eigenvalue weighted by Crippen LogP contribution is -2.40. The Hall–Kier alpha value is -3.53. The van der Waals surface area contributed by atoms with E-state index in [-0.39, 0.29) is 24.6 Å². The first kappa shape index (κ1) is 20.4. The third-order valence-corrected chi connectivity index (χ3v) is 7.23. The van der Waals surface area contributed by atoms with E-state index >= 15 is 4.39 Å². The smallest absolute Gasteiger partial charge is 0.165 e. The number of hydrogen-bond donors (Lipinski definition) is 1. The average Bonchev–Trinajstić information content (AvgIpc) is 3.09. The summed E-state index contributed by atoms with van der Waals surface area (Å²) < 4.78 is 40.2. The Labute approximate surface area is 184 Å². The number of hydrogen-bond acceptors (Lipinski definition) is 7. The lowest BCUT2D eigenvalue weighted by molar-refractivity contribution is 0.581. The third kappa shape index (κ3) is 3.66. The van der Waals surface area contributed by atoms with Gasteiger partial charge in [-0.1, -0.05) is 0 Å². The van der Waals surface area contributed by atoms with Crippen LogP contribution in [0.25, 0.3) is 28.1 Å². The van der Waals surface area contributed by atoms with Crippen molar-refractivity contribution in [3.8, 4) is 16.9 Å². The van der Waals surface area contributed by atoms with Gasteiger partial charge in [0.2, 0.25) is 0 Å². The van der Waals surface area contributed by atoms with Gasteiger partial charge in [0.05, 0.1) is 28.6 Å². The van der Waals surface area contributed by atoms with Crippen molar-refractivity contribution in [3.63, 3.8) is 0 Å². The Bertz CT molecular complexity index is 1440. The Morgan fingerprint density at radius 1 is 1.03 bits per heavy atom. The molecule has 0 saturated carbocycles. The van der Waals surface area contributed by atoms with Gasteiger partial charge < -0.3 is 10.6 Å². The molecule has 0 amide bonds. The number of fused-ring (bicyclic) bond motifs is 1. The number of pyridine rings is 2. The van der Waals surface area contributed by atoms with Gasteiger partial charge in [-0.15, -0.1) is 0 Å². The summed E-state index contributed by atoms with van der Waals surface area (Å²) in [5.41, 5.74) is 9.62. The van der Waals surface area contributed by atoms with Crippen LogP contribution in [-0.2, 0) is 9.84 Å². The number of nitrogens with zero attached hydrogens (tertiary/aromatic N) is 5. The van der Waals surface area contributed by atoms with Crippen molar-refractivity contribution < 1.29 is 12.8 Å². The molecule has 0 atom stereocenters. The summed E-state index contributed by atoms with van der Waals surface area (Å²) in [5.74, 6) is 0.727. The molecule has 0 radical (unpaired) electrons. The Balaban J connectivity index is 1.55. The van der Waals surface area contributed by atoms with Gasteiger partial charge in [-0.2, -0.15) is 0 Å². The van der Waals surface area contributed by atoms with Crippen LogP contribution in [-0.4, -0.2) is 52.5 Å². The summed E-state index contributed by atoms with van der Waals surface area (Å²) >= 11 is 0. The second-order valence-electron chi connectivity index (χ2n) is 7.78. The van der Waals surface area contributed by atoms with E-state index in [1.807, 2.05) is 25.1 Å². The number of rotatable bonds is 3. The van der Waals surface area contributed by atoms with E-state index in [1.54, 1.807) is 33.9 Å². The van der Waals surface area contributed by atoms with E-state index in [2.05, 4.69) is 9.97 Å². The van der Waals surface area contributed by atoms with Gasteiger partial charge in [-0.25, -0.2) is 27.8 Å². The number of aryl methyl sites for hydroxylation is 1. The van der Waals surface area contributed by atoms with E-state index < -0.39 is 15.7 Å². The van der Waals surface area contributed by atoms with Crippen LogP contribution < -0.4 is 10.6 Å². The predicted octanol–water partition coefficient (Wildman–Crippen LogP) is 2.75. The summed E-state index contributed by atoms with van der Waals surface area (Å²) in [7, 11) is -3.04. The first-order chi connectivity index (χ1) is 15.3. The molecule has 1 aliphatic rings. The minimum Gasteiger partial charge on any atom is -0.384 e. The van der Waals surface area contributed by atoms with E-state index in [0.717, 1.165) is 5.56 Å². The summed E-state index contributed by atoms with van der Waals surface area (Å²) in [6.45, 7) is 2.41. The molecule has 3 aromatic heterocycles. The zero-order chi connectivity index (χ0) is 22.5. The summed E-state index contributed by atoms with van der Waals surface area (Å²) in [4.78, 5) is 15.1. The minimum atomic E-state index is -3.04. The van der Waals surface area contributed by atoms with E-state index in [1.165, 1.54) is 6.07 Å². The normalized spacial score (nSPS) is 15.9. The number of benzene rings is 1. The molecule has 164 valence electrons. The van der Waals surface area contributed by atoms with Crippen molar-refractivity contribution in [1.29, 1.82) is 0 Å². The third-order valence-electron chi connectivity index (χ3n) is 5.62. The summed E-state index contributed by atoms with van der Waals surface area (Å²) in [6, 6.07) is 12.2. The van der Waals surface area contributed by atoms with E-state index in [4.69, 9.17) is 10.7 Å². The second-order valence-corrected chi connectivity index (χ2v) is 10.1. The van der Waals surface area contributed by atoms with Gasteiger partial charge in [0.25, 0.3) is 0 Å². The molecular weight excluding hydrogens is 431 g/mol. The molecule has 2 N–H and O–H groups in total. The lowest BCUT2D eigenvalue weighted by Gasteiger charge is -2.29. The van der Waals surface area contributed by atoms with Crippen molar-refractivity contribution in [1.82, 2.24) is 19.5 Å². The number of nitrogens with two attached hydrogens (primary N) is 1. The molecule has 0 unspecified atom stereocenters. The van der Waals surface area contributed by atoms with Crippen molar-refractivity contribution in [3.05, 3.63) is 60.3 Å². The standard InChI is InChI=1S/C22H21FN6O2S/c1-14-26-19-4-3-18(15-6-7-25-21(24)12-15)27-22(19)29(14)16-2-5-20(17(23)13-16)28-8-10-32(30,31)11-9-28/h2-7,12-13H,8-11H2,1H3,(H2,24,25). The number of halogens is 1. The van der Waals surface area contributed by atoms with Crippen LogP contribution in [0.2, 0.25) is 0 Å². The molecule has 0 spiro atoms. The summed E-state index contributed by atoms with van der Waals surface area (Å²) in [5, 5.41) is 0. The van der Waals surface area contributed by atoms with E-state index in [9.17, 15) is 8.42 Å². The molecule has 1 aromatic carbocycles. The number of nitrogen functional groups attached to an aromatic ring is 1. The molecule has 4 aromatic rings. The number of anilines is 2. The van der Waals surface area contributed by atoms with Crippen molar-refractivity contribution in [2.45, 2.75) is 6.92 Å². The maximum absolute atomic E-state index is 15.1. The Morgan fingerprint density at radius 2 is 1.81 bits per heavy atom. The highest BCUT2D eigenvalue weighted by molar-refractivity contribution is 7.91. The maximum Gasteiger partial charge on any atom is 0.165 e. The molecule has 1 aliphatic heterocycles. The van der Waals surface area contributed by atoms with Crippen LogP contribution >= 0.6 is 0 Å². The highest BCUT2D eigenvalue weighted by Gasteiger charge is 2.24. The van der Waals surface area contributed by atoms with Crippen LogP contribution in [0, 0.1) is 12.7 Å². The zero-order valence-electron chi connectivity index (χ0n) is 17.4. The highest BCUT2D eigenvalue weighted by Crippen LogP contribution is 2.28. The topological polar surface area (TPSA) is 107 Å². The molecule has 4 heterocycles. The molecule has 5 rings (SSSR count). The number of imidazole rings is 1. The predicted molar refractivity (Wildman–Crippen MR) is 122 cm³/mol. The van der Waals surface area contributed by atoms with Gasteiger partial charge in [0, 0.05) is 30.9 Å². The summed E-state index contributed by atoms with van der Waals surface area (Å²) in [6.07, 6.45) is 1.62. The SMILES string of the molecule is Cc1nc2ccc(-c3ccnc(N)c3)nc2n1-c1ccc(N2CCS(=O)(=O)CC2)c(F)c1. The van der Waals surface area contributed by atoms with Crippen LogP contribution in [0.15, 0.2) is 48.7 Å². The van der Waals surface area contributed by atoms with Crippen LogP contribution in [0.4, 0.5) is 15.9 Å². The maximum atomic E-state index is 15.1. The zero-order valence-corrected chi connectivity index (χ0v) is 18.2.